The maximum absolute atomic E-state index is 12.4. The molecular weight excluding hydrogens is 474 g/mol. The highest BCUT2D eigenvalue weighted by Crippen LogP contribution is 2.26. The first-order valence-electron chi connectivity index (χ1n) is 11.3. The maximum Gasteiger partial charge on any atom is 0.417 e. The van der Waals surface area contributed by atoms with Crippen molar-refractivity contribution in [3.63, 3.8) is 0 Å². The number of amides is 2. The van der Waals surface area contributed by atoms with Crippen LogP contribution in [0.3, 0.4) is 0 Å². The van der Waals surface area contributed by atoms with E-state index in [0.29, 0.717) is 22.5 Å². The van der Waals surface area contributed by atoms with Gasteiger partial charge in [-0.05, 0) is 63.6 Å². The van der Waals surface area contributed by atoms with Crippen molar-refractivity contribution in [3.8, 4) is 23.3 Å². The number of hydrogen-bond donors (Lipinski definition) is 5. The fraction of sp³-hybridized carbons (Fsp3) is 0.214. The lowest BCUT2D eigenvalue weighted by Gasteiger charge is -2.18. The summed E-state index contributed by atoms with van der Waals surface area (Å²) in [5.74, 6) is 5.65. The summed E-state index contributed by atoms with van der Waals surface area (Å²) in [6.45, 7) is 6.42. The van der Waals surface area contributed by atoms with Gasteiger partial charge in [-0.2, -0.15) is 0 Å². The molecule has 3 aromatic carbocycles. The maximum atomic E-state index is 12.4. The Hall–Kier alpha value is -4.52. The summed E-state index contributed by atoms with van der Waals surface area (Å²) in [6.07, 6.45) is -1.59. The van der Waals surface area contributed by atoms with E-state index in [-0.39, 0.29) is 17.2 Å². The van der Waals surface area contributed by atoms with Crippen molar-refractivity contribution < 1.29 is 29.3 Å². The van der Waals surface area contributed by atoms with Crippen LogP contribution in [0.1, 0.15) is 38.8 Å². The molecule has 37 heavy (non-hydrogen) atoms. The van der Waals surface area contributed by atoms with Crippen molar-refractivity contribution >= 4 is 29.2 Å². The van der Waals surface area contributed by atoms with Gasteiger partial charge in [0.2, 0.25) is 0 Å². The molecule has 0 atom stereocenters. The molecule has 0 saturated heterocycles. The molecule has 0 radical (unpaired) electrons. The highest BCUT2D eigenvalue weighted by atomic mass is 16.6. The second kappa shape index (κ2) is 11.0. The minimum Gasteiger partial charge on any atom is -0.410 e. The van der Waals surface area contributed by atoms with Crippen molar-refractivity contribution in [1.82, 2.24) is 0 Å². The second-order valence-electron chi connectivity index (χ2n) is 9.30. The van der Waals surface area contributed by atoms with E-state index >= 15 is 0 Å². The van der Waals surface area contributed by atoms with Crippen LogP contribution in [-0.4, -0.2) is 28.0 Å². The SMILES string of the molecule is CC(C)(O)C#Cc1cccc(NC(=O)Oc2cc(N)cc(OC(=O)Nc3cccc(C(C)(C)O)c3)c2)c1. The van der Waals surface area contributed by atoms with Crippen LogP contribution in [0, 0.1) is 11.8 Å². The quantitative estimate of drug-likeness (QED) is 0.248. The van der Waals surface area contributed by atoms with E-state index in [2.05, 4.69) is 22.5 Å². The average molecular weight is 504 g/mol. The highest BCUT2D eigenvalue weighted by Gasteiger charge is 2.17. The number of hydrogen-bond acceptors (Lipinski definition) is 7. The number of nitrogens with two attached hydrogens (primary N) is 1. The van der Waals surface area contributed by atoms with E-state index in [1.165, 1.54) is 18.2 Å². The van der Waals surface area contributed by atoms with Crippen LogP contribution in [0.15, 0.2) is 66.7 Å². The van der Waals surface area contributed by atoms with Gasteiger partial charge in [0.05, 0.1) is 5.60 Å². The first kappa shape index (κ1) is 27.1. The van der Waals surface area contributed by atoms with Gasteiger partial charge in [-0.15, -0.1) is 0 Å². The van der Waals surface area contributed by atoms with Crippen LogP contribution in [-0.2, 0) is 5.60 Å². The fourth-order valence-electron chi connectivity index (χ4n) is 3.09. The van der Waals surface area contributed by atoms with Crippen LogP contribution in [0.2, 0.25) is 0 Å². The molecule has 2 amide bonds. The topological polar surface area (TPSA) is 143 Å². The molecule has 9 nitrogen and oxygen atoms in total. The monoisotopic (exact) mass is 503 g/mol. The molecule has 0 aliphatic heterocycles. The number of carbonyl (C=O) groups excluding carboxylic acids is 2. The molecule has 0 fully saturated rings. The summed E-state index contributed by atoms with van der Waals surface area (Å²) in [4.78, 5) is 24.8. The zero-order chi connectivity index (χ0) is 27.2. The minimum absolute atomic E-state index is 0.0577. The zero-order valence-electron chi connectivity index (χ0n) is 21.0. The van der Waals surface area contributed by atoms with Crippen molar-refractivity contribution in [2.75, 3.05) is 16.4 Å². The molecule has 0 saturated carbocycles. The van der Waals surface area contributed by atoms with Crippen LogP contribution < -0.4 is 25.8 Å². The summed E-state index contributed by atoms with van der Waals surface area (Å²) in [7, 11) is 0. The highest BCUT2D eigenvalue weighted by molar-refractivity contribution is 5.88. The van der Waals surface area contributed by atoms with E-state index in [9.17, 15) is 19.8 Å². The largest absolute Gasteiger partial charge is 0.417 e. The normalized spacial score (nSPS) is 11.1. The van der Waals surface area contributed by atoms with Gasteiger partial charge in [0.15, 0.2) is 0 Å². The summed E-state index contributed by atoms with van der Waals surface area (Å²) >= 11 is 0. The minimum atomic E-state index is -1.15. The van der Waals surface area contributed by atoms with Gasteiger partial charge in [-0.25, -0.2) is 9.59 Å². The third-order valence-electron chi connectivity index (χ3n) is 4.76. The number of rotatable bonds is 5. The molecule has 192 valence electrons. The Balaban J connectivity index is 1.65. The van der Waals surface area contributed by atoms with Gasteiger partial charge in [0.1, 0.15) is 17.1 Å². The lowest BCUT2D eigenvalue weighted by Crippen LogP contribution is -2.19. The number of benzene rings is 3. The van der Waals surface area contributed by atoms with Gasteiger partial charge < -0.3 is 25.4 Å². The molecule has 0 aliphatic carbocycles. The Morgan fingerprint density at radius 1 is 0.811 bits per heavy atom. The van der Waals surface area contributed by atoms with E-state index < -0.39 is 23.4 Å². The Morgan fingerprint density at radius 2 is 1.35 bits per heavy atom. The van der Waals surface area contributed by atoms with Crippen LogP contribution in [0.25, 0.3) is 0 Å². The molecule has 3 aromatic rings. The molecule has 0 unspecified atom stereocenters. The van der Waals surface area contributed by atoms with Crippen molar-refractivity contribution in [3.05, 3.63) is 77.9 Å². The smallest absolute Gasteiger partial charge is 0.410 e. The van der Waals surface area contributed by atoms with Crippen LogP contribution in [0.5, 0.6) is 11.5 Å². The summed E-state index contributed by atoms with van der Waals surface area (Å²) in [5.41, 5.74) is 5.95. The third-order valence-corrected chi connectivity index (χ3v) is 4.76. The number of ether oxygens (including phenoxy) is 2. The Kier molecular flexibility index (Phi) is 8.07. The number of nitrogens with one attached hydrogen (secondary N) is 2. The Bertz CT molecular complexity index is 1360. The summed E-state index contributed by atoms with van der Waals surface area (Å²) < 4.78 is 10.6. The molecule has 0 spiro atoms. The van der Waals surface area contributed by atoms with Gasteiger partial charge >= 0.3 is 12.2 Å². The van der Waals surface area contributed by atoms with Crippen LogP contribution >= 0.6 is 0 Å². The van der Waals surface area contributed by atoms with E-state index in [0.717, 1.165) is 0 Å². The van der Waals surface area contributed by atoms with Crippen LogP contribution in [0.4, 0.5) is 26.7 Å². The molecule has 9 heteroatoms. The van der Waals surface area contributed by atoms with Gasteiger partial charge in [-0.3, -0.25) is 10.6 Å². The molecule has 0 bridgehead atoms. The first-order valence-corrected chi connectivity index (χ1v) is 11.3. The Morgan fingerprint density at radius 3 is 1.89 bits per heavy atom. The van der Waals surface area contributed by atoms with E-state index in [1.54, 1.807) is 76.2 Å². The molecule has 0 aliphatic rings. The number of carbonyl (C=O) groups is 2. The van der Waals surface area contributed by atoms with Crippen molar-refractivity contribution in [2.24, 2.45) is 0 Å². The fourth-order valence-corrected chi connectivity index (χ4v) is 3.09. The third kappa shape index (κ3) is 8.89. The Labute approximate surface area is 215 Å². The van der Waals surface area contributed by atoms with Gasteiger partial charge in [0.25, 0.3) is 0 Å². The average Bonchev–Trinajstić information content (AvgIpc) is 2.76. The number of aliphatic hydroxyl groups is 2. The molecule has 3 rings (SSSR count). The molecule has 0 aromatic heterocycles. The van der Waals surface area contributed by atoms with E-state index in [4.69, 9.17) is 15.2 Å². The zero-order valence-corrected chi connectivity index (χ0v) is 21.0. The number of anilines is 3. The van der Waals surface area contributed by atoms with E-state index in [1.807, 2.05) is 0 Å². The number of nitrogen functional groups attached to an aromatic ring is 1. The predicted molar refractivity (Wildman–Crippen MR) is 141 cm³/mol. The molecule has 0 heterocycles. The lowest BCUT2D eigenvalue weighted by molar-refractivity contribution is 0.0786. The molecule has 6 N–H and O–H groups in total. The summed E-state index contributed by atoms with van der Waals surface area (Å²) in [5, 5.41) is 25.1. The van der Waals surface area contributed by atoms with Crippen molar-refractivity contribution in [2.45, 2.75) is 38.9 Å². The first-order chi connectivity index (χ1) is 17.3. The van der Waals surface area contributed by atoms with Crippen molar-refractivity contribution in [1.29, 1.82) is 0 Å². The molecular formula is C28H29N3O6. The summed E-state index contributed by atoms with van der Waals surface area (Å²) in [6, 6.07) is 17.6. The van der Waals surface area contributed by atoms with Gasteiger partial charge in [0, 0.05) is 40.8 Å². The second-order valence-corrected chi connectivity index (χ2v) is 9.30. The standard InChI is InChI=1S/C28H29N3O6/c1-27(2,34)12-11-18-7-5-9-21(13-18)30-25(32)36-23-15-20(29)16-24(17-23)37-26(33)31-22-10-6-8-19(14-22)28(3,4)35/h5-10,13-17,34-35H,29H2,1-4H3,(H,30,32)(H,31,33). The lowest BCUT2D eigenvalue weighted by atomic mass is 9.98. The van der Waals surface area contributed by atoms with Gasteiger partial charge in [-0.1, -0.05) is 30.0 Å². The predicted octanol–water partition coefficient (Wildman–Crippen LogP) is 4.84.